The number of hydrogen-bond donors (Lipinski definition) is 1. The zero-order chi connectivity index (χ0) is 9.90. The van der Waals surface area contributed by atoms with Crippen LogP contribution in [0.25, 0.3) is 0 Å². The van der Waals surface area contributed by atoms with E-state index in [4.69, 9.17) is 5.73 Å². The highest BCUT2D eigenvalue weighted by Gasteiger charge is 2.45. The zero-order valence-corrected chi connectivity index (χ0v) is 9.47. The number of nitrogens with two attached hydrogens (primary N) is 1. The van der Waals surface area contributed by atoms with Crippen LogP contribution < -0.4 is 5.73 Å². The smallest absolute Gasteiger partial charge is 0.0121 e. The van der Waals surface area contributed by atoms with E-state index in [1.165, 1.54) is 38.5 Å². The monoisotopic (exact) mass is 183 g/mol. The Bertz CT molecular complexity index is 143. The molecule has 2 N–H and O–H groups in total. The molecule has 1 heteroatoms. The van der Waals surface area contributed by atoms with E-state index in [0.717, 1.165) is 5.92 Å². The van der Waals surface area contributed by atoms with Gasteiger partial charge in [0.2, 0.25) is 0 Å². The maximum Gasteiger partial charge on any atom is 0.0121 e. The third-order valence-electron chi connectivity index (χ3n) is 3.67. The van der Waals surface area contributed by atoms with E-state index in [1.54, 1.807) is 0 Å². The van der Waals surface area contributed by atoms with Crippen molar-refractivity contribution >= 4 is 0 Å². The summed E-state index contributed by atoms with van der Waals surface area (Å²) in [6.45, 7) is 6.89. The molecule has 78 valence electrons. The van der Waals surface area contributed by atoms with Crippen molar-refractivity contribution in [3.63, 3.8) is 0 Å². The molecule has 0 heterocycles. The maximum atomic E-state index is 6.33. The topological polar surface area (TPSA) is 26.0 Å². The summed E-state index contributed by atoms with van der Waals surface area (Å²) >= 11 is 0. The molecule has 0 saturated heterocycles. The lowest BCUT2D eigenvalue weighted by molar-refractivity contribution is 0.274. The standard InChI is InChI=1S/C12H25N/c1-4-6-10(7-5-2)11(13)12(3)8-9-12/h10-11H,4-9,13H2,1-3H3. The van der Waals surface area contributed by atoms with Crippen LogP contribution in [0.15, 0.2) is 0 Å². The van der Waals surface area contributed by atoms with E-state index in [0.29, 0.717) is 11.5 Å². The van der Waals surface area contributed by atoms with Crippen LogP contribution in [0.5, 0.6) is 0 Å². The quantitative estimate of drug-likeness (QED) is 0.671. The summed E-state index contributed by atoms with van der Waals surface area (Å²) < 4.78 is 0. The molecule has 0 bridgehead atoms. The molecular formula is C12H25N. The summed E-state index contributed by atoms with van der Waals surface area (Å²) in [6.07, 6.45) is 7.94. The summed E-state index contributed by atoms with van der Waals surface area (Å²) in [4.78, 5) is 0. The van der Waals surface area contributed by atoms with E-state index in [-0.39, 0.29) is 0 Å². The molecule has 1 fully saturated rings. The van der Waals surface area contributed by atoms with Crippen LogP contribution in [0.4, 0.5) is 0 Å². The Kier molecular flexibility index (Phi) is 3.78. The summed E-state index contributed by atoms with van der Waals surface area (Å²) in [5.74, 6) is 0.780. The van der Waals surface area contributed by atoms with E-state index in [9.17, 15) is 0 Å². The fourth-order valence-corrected chi connectivity index (χ4v) is 2.34. The summed E-state index contributed by atoms with van der Waals surface area (Å²) in [7, 11) is 0. The van der Waals surface area contributed by atoms with Gasteiger partial charge in [-0.25, -0.2) is 0 Å². The van der Waals surface area contributed by atoms with Crippen molar-refractivity contribution in [2.24, 2.45) is 17.1 Å². The fourth-order valence-electron chi connectivity index (χ4n) is 2.34. The lowest BCUT2D eigenvalue weighted by Gasteiger charge is -2.28. The average Bonchev–Trinajstić information content (AvgIpc) is 2.84. The summed E-state index contributed by atoms with van der Waals surface area (Å²) in [6, 6.07) is 0.465. The molecule has 0 aromatic carbocycles. The predicted molar refractivity (Wildman–Crippen MR) is 58.6 cm³/mol. The molecule has 0 amide bonds. The molecule has 1 unspecified atom stereocenters. The zero-order valence-electron chi connectivity index (χ0n) is 9.47. The van der Waals surface area contributed by atoms with Crippen LogP contribution in [0, 0.1) is 11.3 Å². The van der Waals surface area contributed by atoms with Gasteiger partial charge in [-0.1, -0.05) is 33.6 Å². The molecule has 13 heavy (non-hydrogen) atoms. The van der Waals surface area contributed by atoms with Crippen molar-refractivity contribution in [2.45, 2.75) is 65.3 Å². The van der Waals surface area contributed by atoms with Crippen molar-refractivity contribution < 1.29 is 0 Å². The number of rotatable bonds is 6. The van der Waals surface area contributed by atoms with Gasteiger partial charge in [-0.05, 0) is 37.0 Å². The maximum absolute atomic E-state index is 6.33. The van der Waals surface area contributed by atoms with Crippen molar-refractivity contribution in [1.29, 1.82) is 0 Å². The first-order valence-corrected chi connectivity index (χ1v) is 5.89. The second-order valence-electron chi connectivity index (χ2n) is 5.02. The van der Waals surface area contributed by atoms with E-state index in [2.05, 4.69) is 20.8 Å². The van der Waals surface area contributed by atoms with Crippen LogP contribution in [0.2, 0.25) is 0 Å². The summed E-state index contributed by atoms with van der Waals surface area (Å²) in [5, 5.41) is 0. The Morgan fingerprint density at radius 3 is 1.92 bits per heavy atom. The second kappa shape index (κ2) is 4.45. The summed E-state index contributed by atoms with van der Waals surface area (Å²) in [5.41, 5.74) is 6.84. The van der Waals surface area contributed by atoms with Crippen LogP contribution in [-0.4, -0.2) is 6.04 Å². The molecule has 1 nitrogen and oxygen atoms in total. The molecule has 1 atom stereocenters. The van der Waals surface area contributed by atoms with Gasteiger partial charge in [-0.3, -0.25) is 0 Å². The Labute approximate surface area is 83.1 Å². The second-order valence-corrected chi connectivity index (χ2v) is 5.02. The first kappa shape index (κ1) is 11.0. The first-order valence-electron chi connectivity index (χ1n) is 5.89. The molecule has 1 aliphatic carbocycles. The third kappa shape index (κ3) is 2.70. The van der Waals surface area contributed by atoms with Crippen LogP contribution in [-0.2, 0) is 0 Å². The normalized spacial score (nSPS) is 21.9. The first-order chi connectivity index (χ1) is 6.14. The van der Waals surface area contributed by atoms with Crippen LogP contribution in [0.1, 0.15) is 59.3 Å². The lowest BCUT2D eigenvalue weighted by atomic mass is 9.82. The van der Waals surface area contributed by atoms with Crippen molar-refractivity contribution in [2.75, 3.05) is 0 Å². The van der Waals surface area contributed by atoms with Gasteiger partial charge in [-0.2, -0.15) is 0 Å². The van der Waals surface area contributed by atoms with Gasteiger partial charge in [0.1, 0.15) is 0 Å². The van der Waals surface area contributed by atoms with Crippen molar-refractivity contribution in [3.05, 3.63) is 0 Å². The van der Waals surface area contributed by atoms with Gasteiger partial charge in [0.15, 0.2) is 0 Å². The van der Waals surface area contributed by atoms with Gasteiger partial charge >= 0.3 is 0 Å². The largest absolute Gasteiger partial charge is 0.327 e. The van der Waals surface area contributed by atoms with Gasteiger partial charge < -0.3 is 5.73 Å². The van der Waals surface area contributed by atoms with E-state index < -0.39 is 0 Å². The molecule has 0 aromatic rings. The van der Waals surface area contributed by atoms with Gasteiger partial charge in [0.05, 0.1) is 0 Å². The predicted octanol–water partition coefficient (Wildman–Crippen LogP) is 3.33. The van der Waals surface area contributed by atoms with Crippen molar-refractivity contribution in [3.8, 4) is 0 Å². The van der Waals surface area contributed by atoms with Gasteiger partial charge in [-0.15, -0.1) is 0 Å². The Morgan fingerprint density at radius 1 is 1.15 bits per heavy atom. The lowest BCUT2D eigenvalue weighted by Crippen LogP contribution is -2.37. The highest BCUT2D eigenvalue weighted by atomic mass is 14.7. The minimum Gasteiger partial charge on any atom is -0.327 e. The molecular weight excluding hydrogens is 158 g/mol. The molecule has 1 aliphatic rings. The van der Waals surface area contributed by atoms with Gasteiger partial charge in [0, 0.05) is 6.04 Å². The minimum atomic E-state index is 0.465. The molecule has 0 spiro atoms. The Hall–Kier alpha value is -0.0400. The number of hydrogen-bond acceptors (Lipinski definition) is 1. The molecule has 1 saturated carbocycles. The third-order valence-corrected chi connectivity index (χ3v) is 3.67. The highest BCUT2D eigenvalue weighted by Crippen LogP contribution is 2.50. The Balaban J connectivity index is 2.42. The fraction of sp³-hybridized carbons (Fsp3) is 1.00. The van der Waals surface area contributed by atoms with Crippen LogP contribution >= 0.6 is 0 Å². The SMILES string of the molecule is CCCC(CCC)C(N)C1(C)CC1. The molecule has 0 aromatic heterocycles. The average molecular weight is 183 g/mol. The molecule has 0 aliphatic heterocycles. The minimum absolute atomic E-state index is 0.465. The van der Waals surface area contributed by atoms with Crippen LogP contribution in [0.3, 0.4) is 0 Å². The molecule has 0 radical (unpaired) electrons. The van der Waals surface area contributed by atoms with Crippen molar-refractivity contribution in [1.82, 2.24) is 0 Å². The van der Waals surface area contributed by atoms with E-state index in [1.807, 2.05) is 0 Å². The van der Waals surface area contributed by atoms with Gasteiger partial charge in [0.25, 0.3) is 0 Å². The Morgan fingerprint density at radius 2 is 1.62 bits per heavy atom. The highest BCUT2D eigenvalue weighted by molar-refractivity contribution is 4.99. The van der Waals surface area contributed by atoms with E-state index >= 15 is 0 Å². The molecule has 1 rings (SSSR count).